The maximum atomic E-state index is 14.3. The average molecular weight is 566 g/mol. The molecule has 4 heterocycles. The summed E-state index contributed by atoms with van der Waals surface area (Å²) in [6.45, 7) is 5.63. The van der Waals surface area contributed by atoms with Crippen LogP contribution in [0, 0.1) is 5.82 Å². The predicted octanol–water partition coefficient (Wildman–Crippen LogP) is 5.47. The van der Waals surface area contributed by atoms with Gasteiger partial charge in [0.15, 0.2) is 0 Å². The Bertz CT molecular complexity index is 1770. The monoisotopic (exact) mass is 565 g/mol. The third kappa shape index (κ3) is 4.71. The van der Waals surface area contributed by atoms with Crippen molar-refractivity contribution in [3.8, 4) is 11.1 Å². The first-order chi connectivity index (χ1) is 20.5. The van der Waals surface area contributed by atoms with Crippen LogP contribution >= 0.6 is 0 Å². The lowest BCUT2D eigenvalue weighted by Crippen LogP contribution is -2.54. The van der Waals surface area contributed by atoms with Gasteiger partial charge in [-0.15, -0.1) is 0 Å². The highest BCUT2D eigenvalue weighted by molar-refractivity contribution is 6.02. The summed E-state index contributed by atoms with van der Waals surface area (Å²) >= 11 is 0. The molecular formula is C33H36FN7O. The van der Waals surface area contributed by atoms with Gasteiger partial charge in [0, 0.05) is 66.1 Å². The SMILES string of the molecule is CCN1CCN(C2CCC(n3cc(-c4ccc5c(ccn5Cc5ccccc5F)c4)c4c(N)ncnc43)CC2)CC1=O. The third-order valence-corrected chi connectivity index (χ3v) is 9.33. The Hall–Kier alpha value is -4.24. The van der Waals surface area contributed by atoms with Gasteiger partial charge in [0.1, 0.15) is 23.6 Å². The van der Waals surface area contributed by atoms with E-state index < -0.39 is 0 Å². The highest BCUT2D eigenvalue weighted by Crippen LogP contribution is 2.39. The molecule has 1 aliphatic carbocycles. The fourth-order valence-corrected chi connectivity index (χ4v) is 7.00. The first-order valence-corrected chi connectivity index (χ1v) is 15.0. The Morgan fingerprint density at radius 3 is 2.60 bits per heavy atom. The van der Waals surface area contributed by atoms with Gasteiger partial charge < -0.3 is 19.8 Å². The number of amides is 1. The summed E-state index contributed by atoms with van der Waals surface area (Å²) in [5, 5.41) is 1.96. The lowest BCUT2D eigenvalue weighted by atomic mass is 9.89. The van der Waals surface area contributed by atoms with E-state index in [0.717, 1.165) is 78.4 Å². The maximum absolute atomic E-state index is 14.3. The van der Waals surface area contributed by atoms with Crippen LogP contribution in [0.2, 0.25) is 0 Å². The van der Waals surface area contributed by atoms with E-state index in [2.05, 4.69) is 49.5 Å². The molecule has 5 aromatic rings. The van der Waals surface area contributed by atoms with E-state index in [1.54, 1.807) is 12.4 Å². The molecule has 1 saturated heterocycles. The van der Waals surface area contributed by atoms with Crippen molar-refractivity contribution in [3.05, 3.63) is 78.6 Å². The van der Waals surface area contributed by atoms with Gasteiger partial charge in [-0.1, -0.05) is 24.3 Å². The second-order valence-corrected chi connectivity index (χ2v) is 11.6. The summed E-state index contributed by atoms with van der Waals surface area (Å²) in [6.07, 6.45) is 9.92. The van der Waals surface area contributed by atoms with Crippen LogP contribution in [-0.2, 0) is 11.3 Å². The van der Waals surface area contributed by atoms with E-state index in [1.807, 2.05) is 30.2 Å². The van der Waals surface area contributed by atoms with Gasteiger partial charge in [-0.3, -0.25) is 9.69 Å². The van der Waals surface area contributed by atoms with Crippen molar-refractivity contribution in [3.63, 3.8) is 0 Å². The van der Waals surface area contributed by atoms with Crippen LogP contribution in [0.1, 0.15) is 44.2 Å². The minimum atomic E-state index is -0.194. The average Bonchev–Trinajstić information content (AvgIpc) is 3.60. The number of nitrogens with zero attached hydrogens (tertiary/aromatic N) is 6. The van der Waals surface area contributed by atoms with E-state index in [-0.39, 0.29) is 11.7 Å². The normalized spacial score (nSPS) is 20.1. The second kappa shape index (κ2) is 10.9. The molecule has 1 amide bonds. The Balaban J connectivity index is 1.15. The highest BCUT2D eigenvalue weighted by atomic mass is 19.1. The molecule has 0 bridgehead atoms. The number of fused-ring (bicyclic) bond motifs is 2. The molecule has 9 heteroatoms. The molecule has 2 aliphatic rings. The summed E-state index contributed by atoms with van der Waals surface area (Å²) in [6, 6.07) is 16.1. The number of benzene rings is 2. The first kappa shape index (κ1) is 26.6. The van der Waals surface area contributed by atoms with Gasteiger partial charge in [0.05, 0.1) is 18.5 Å². The molecule has 1 aliphatic heterocycles. The number of hydrogen-bond acceptors (Lipinski definition) is 5. The van der Waals surface area contributed by atoms with Crippen molar-refractivity contribution in [2.75, 3.05) is 31.9 Å². The van der Waals surface area contributed by atoms with Crippen LogP contribution in [0.5, 0.6) is 0 Å². The van der Waals surface area contributed by atoms with Gasteiger partial charge in [-0.05, 0) is 62.4 Å². The number of anilines is 1. The lowest BCUT2D eigenvalue weighted by molar-refractivity contribution is -0.137. The van der Waals surface area contributed by atoms with Gasteiger partial charge in [0.2, 0.25) is 5.91 Å². The van der Waals surface area contributed by atoms with E-state index in [1.165, 1.54) is 6.07 Å². The summed E-state index contributed by atoms with van der Waals surface area (Å²) in [7, 11) is 0. The number of hydrogen-bond donors (Lipinski definition) is 1. The van der Waals surface area contributed by atoms with E-state index in [0.29, 0.717) is 36.6 Å². The molecule has 3 aromatic heterocycles. The Morgan fingerprint density at radius 2 is 1.81 bits per heavy atom. The Labute approximate surface area is 244 Å². The fourth-order valence-electron chi connectivity index (χ4n) is 7.00. The molecule has 0 radical (unpaired) electrons. The van der Waals surface area contributed by atoms with E-state index >= 15 is 0 Å². The molecule has 7 rings (SSSR count). The van der Waals surface area contributed by atoms with Gasteiger partial charge in [0.25, 0.3) is 0 Å². The number of likely N-dealkylation sites (N-methyl/N-ethyl adjacent to an activating group) is 1. The van der Waals surface area contributed by atoms with Crippen molar-refractivity contribution in [1.82, 2.24) is 28.9 Å². The van der Waals surface area contributed by atoms with Gasteiger partial charge >= 0.3 is 0 Å². The number of piperazine rings is 1. The van der Waals surface area contributed by atoms with Crippen LogP contribution in [0.3, 0.4) is 0 Å². The van der Waals surface area contributed by atoms with Crippen LogP contribution in [-0.4, -0.2) is 67.0 Å². The maximum Gasteiger partial charge on any atom is 0.236 e. The van der Waals surface area contributed by atoms with Crippen molar-refractivity contribution in [1.29, 1.82) is 0 Å². The van der Waals surface area contributed by atoms with Crippen LogP contribution in [0.15, 0.2) is 67.3 Å². The number of nitrogen functional groups attached to an aromatic ring is 1. The topological polar surface area (TPSA) is 85.2 Å². The fraction of sp³-hybridized carbons (Fsp3) is 0.364. The third-order valence-electron chi connectivity index (χ3n) is 9.33. The van der Waals surface area contributed by atoms with Gasteiger partial charge in [-0.2, -0.15) is 0 Å². The highest BCUT2D eigenvalue weighted by Gasteiger charge is 2.32. The smallest absolute Gasteiger partial charge is 0.236 e. The summed E-state index contributed by atoms with van der Waals surface area (Å²) in [4.78, 5) is 25.9. The first-order valence-electron chi connectivity index (χ1n) is 15.0. The number of nitrogens with two attached hydrogens (primary N) is 1. The number of carbonyl (C=O) groups excluding carboxylic acids is 1. The Kier molecular flexibility index (Phi) is 6.90. The molecule has 8 nitrogen and oxygen atoms in total. The molecule has 0 unspecified atom stereocenters. The molecule has 1 saturated carbocycles. The van der Waals surface area contributed by atoms with Crippen LogP contribution in [0.4, 0.5) is 10.2 Å². The number of rotatable bonds is 6. The zero-order valence-electron chi connectivity index (χ0n) is 23.9. The number of carbonyl (C=O) groups is 1. The van der Waals surface area contributed by atoms with Crippen molar-refractivity contribution in [2.45, 2.75) is 51.2 Å². The number of aromatic nitrogens is 4. The minimum Gasteiger partial charge on any atom is -0.383 e. The van der Waals surface area contributed by atoms with E-state index in [4.69, 9.17) is 10.7 Å². The lowest BCUT2D eigenvalue weighted by Gasteiger charge is -2.41. The second-order valence-electron chi connectivity index (χ2n) is 11.6. The van der Waals surface area contributed by atoms with Crippen molar-refractivity contribution in [2.24, 2.45) is 0 Å². The zero-order valence-corrected chi connectivity index (χ0v) is 23.9. The Morgan fingerprint density at radius 1 is 1.00 bits per heavy atom. The quantitative estimate of drug-likeness (QED) is 0.295. The van der Waals surface area contributed by atoms with E-state index in [9.17, 15) is 9.18 Å². The zero-order chi connectivity index (χ0) is 28.8. The molecule has 2 aromatic carbocycles. The number of halogens is 1. The van der Waals surface area contributed by atoms with Crippen molar-refractivity contribution >= 4 is 33.7 Å². The van der Waals surface area contributed by atoms with Crippen LogP contribution < -0.4 is 5.73 Å². The van der Waals surface area contributed by atoms with Crippen LogP contribution in [0.25, 0.3) is 33.1 Å². The largest absolute Gasteiger partial charge is 0.383 e. The molecule has 216 valence electrons. The predicted molar refractivity (Wildman–Crippen MR) is 163 cm³/mol. The molecule has 42 heavy (non-hydrogen) atoms. The summed E-state index contributed by atoms with van der Waals surface area (Å²) in [5.74, 6) is 0.534. The van der Waals surface area contributed by atoms with Gasteiger partial charge in [-0.25, -0.2) is 14.4 Å². The molecule has 0 spiro atoms. The molecular weight excluding hydrogens is 529 g/mol. The minimum absolute atomic E-state index is 0.194. The summed E-state index contributed by atoms with van der Waals surface area (Å²) in [5.41, 5.74) is 11.1. The standard InChI is InChI=1S/C33H36FN7O/c1-2-38-15-16-39(20-30(38)42)25-8-10-26(11-9-25)41-19-27(31-32(35)36-21-37-33(31)41)22-7-12-29-23(17-22)13-14-40(29)18-24-5-3-4-6-28(24)34/h3-7,12-14,17,19,21,25-26H,2,8-11,15-16,18,20H2,1H3,(H2,35,36,37). The molecule has 0 atom stereocenters. The molecule has 2 N–H and O–H groups in total. The molecule has 2 fully saturated rings. The van der Waals surface area contributed by atoms with Crippen molar-refractivity contribution < 1.29 is 9.18 Å². The summed E-state index contributed by atoms with van der Waals surface area (Å²) < 4.78 is 18.7.